The Morgan fingerprint density at radius 3 is 2.53 bits per heavy atom. The predicted octanol–water partition coefficient (Wildman–Crippen LogP) is 6.37. The highest BCUT2D eigenvalue weighted by Crippen LogP contribution is 2.28. The highest BCUT2D eigenvalue weighted by Gasteiger charge is 2.20. The predicted molar refractivity (Wildman–Crippen MR) is 141 cm³/mol. The molecule has 0 fully saturated rings. The molecular formula is C29H36ClNO3. The van der Waals surface area contributed by atoms with Crippen LogP contribution in [0.2, 0.25) is 5.02 Å². The first-order valence-corrected chi connectivity index (χ1v) is 12.1. The summed E-state index contributed by atoms with van der Waals surface area (Å²) in [5.41, 5.74) is 5.64. The minimum Gasteiger partial charge on any atom is -0.495 e. The van der Waals surface area contributed by atoms with Gasteiger partial charge in [-0.1, -0.05) is 60.1 Å². The Labute approximate surface area is 208 Å². The highest BCUT2D eigenvalue weighted by molar-refractivity contribution is 6.32. The van der Waals surface area contributed by atoms with E-state index in [2.05, 4.69) is 74.6 Å². The van der Waals surface area contributed by atoms with Crippen LogP contribution in [0.1, 0.15) is 43.6 Å². The number of aryl methyl sites for hydroxylation is 1. The third-order valence-corrected chi connectivity index (χ3v) is 6.34. The average molecular weight is 482 g/mol. The standard InChI is InChI=1S/C29H36ClNO3/c1-20-9-6-7-12-26(20)24-11-8-10-23(16-24)21(2)34-19-25(32)18-31-29(3,4)17-22-13-14-27(30)28(15-22)33-5/h6-16,21,25,31-32H,17-19H2,1-5H3/t21?,25-/m1/s1. The molecule has 0 aliphatic heterocycles. The summed E-state index contributed by atoms with van der Waals surface area (Å²) in [5, 5.41) is 14.6. The zero-order chi connectivity index (χ0) is 24.7. The molecule has 0 aliphatic carbocycles. The van der Waals surface area contributed by atoms with Gasteiger partial charge in [-0.2, -0.15) is 0 Å². The molecule has 2 atom stereocenters. The minimum atomic E-state index is -0.610. The van der Waals surface area contributed by atoms with Crippen molar-refractivity contribution in [2.24, 2.45) is 0 Å². The normalized spacial score (nSPS) is 13.5. The van der Waals surface area contributed by atoms with E-state index in [1.165, 1.54) is 16.7 Å². The number of ether oxygens (including phenoxy) is 2. The van der Waals surface area contributed by atoms with Crippen LogP contribution in [0.5, 0.6) is 5.75 Å². The monoisotopic (exact) mass is 481 g/mol. The minimum absolute atomic E-state index is 0.117. The fraction of sp³-hybridized carbons (Fsp3) is 0.379. The number of methoxy groups -OCH3 is 1. The largest absolute Gasteiger partial charge is 0.495 e. The summed E-state index contributed by atoms with van der Waals surface area (Å²) >= 11 is 6.13. The van der Waals surface area contributed by atoms with Crippen molar-refractivity contribution < 1.29 is 14.6 Å². The Morgan fingerprint density at radius 2 is 1.79 bits per heavy atom. The molecule has 4 nitrogen and oxygen atoms in total. The van der Waals surface area contributed by atoms with Crippen molar-refractivity contribution in [1.29, 1.82) is 0 Å². The molecule has 182 valence electrons. The van der Waals surface area contributed by atoms with Crippen molar-refractivity contribution >= 4 is 11.6 Å². The number of hydrogen-bond acceptors (Lipinski definition) is 4. The van der Waals surface area contributed by atoms with E-state index in [1.54, 1.807) is 7.11 Å². The van der Waals surface area contributed by atoms with Crippen molar-refractivity contribution in [1.82, 2.24) is 5.32 Å². The molecule has 0 aliphatic rings. The van der Waals surface area contributed by atoms with Crippen LogP contribution in [0.3, 0.4) is 0 Å². The molecule has 5 heteroatoms. The topological polar surface area (TPSA) is 50.7 Å². The molecule has 2 N–H and O–H groups in total. The van der Waals surface area contributed by atoms with Crippen LogP contribution < -0.4 is 10.1 Å². The van der Waals surface area contributed by atoms with Crippen molar-refractivity contribution in [2.45, 2.75) is 51.9 Å². The lowest BCUT2D eigenvalue weighted by molar-refractivity contribution is -0.00416. The van der Waals surface area contributed by atoms with Gasteiger partial charge < -0.3 is 19.9 Å². The van der Waals surface area contributed by atoms with Crippen molar-refractivity contribution in [3.63, 3.8) is 0 Å². The van der Waals surface area contributed by atoms with Crippen molar-refractivity contribution in [3.05, 3.63) is 88.4 Å². The van der Waals surface area contributed by atoms with E-state index in [9.17, 15) is 5.11 Å². The van der Waals surface area contributed by atoms with Gasteiger partial charge in [0.2, 0.25) is 0 Å². The number of hydrogen-bond donors (Lipinski definition) is 2. The summed E-state index contributed by atoms with van der Waals surface area (Å²) in [6.45, 7) is 9.06. The Morgan fingerprint density at radius 1 is 1.03 bits per heavy atom. The third kappa shape index (κ3) is 7.31. The van der Waals surface area contributed by atoms with Crippen LogP contribution in [-0.2, 0) is 11.2 Å². The molecule has 0 aromatic heterocycles. The van der Waals surface area contributed by atoms with Crippen LogP contribution in [-0.4, -0.2) is 37.0 Å². The summed E-state index contributed by atoms with van der Waals surface area (Å²) in [7, 11) is 1.62. The molecule has 0 saturated carbocycles. The van der Waals surface area contributed by atoms with Crippen LogP contribution in [0.25, 0.3) is 11.1 Å². The molecule has 3 rings (SSSR count). The number of nitrogens with one attached hydrogen (secondary N) is 1. The van der Waals surface area contributed by atoms with Gasteiger partial charge in [-0.05, 0) is 80.1 Å². The molecule has 0 radical (unpaired) electrons. The van der Waals surface area contributed by atoms with E-state index in [4.69, 9.17) is 21.1 Å². The van der Waals surface area contributed by atoms with Gasteiger partial charge in [0.1, 0.15) is 5.75 Å². The van der Waals surface area contributed by atoms with Gasteiger partial charge >= 0.3 is 0 Å². The van der Waals surface area contributed by atoms with E-state index >= 15 is 0 Å². The Kier molecular flexibility index (Phi) is 9.15. The number of benzene rings is 3. The van der Waals surface area contributed by atoms with E-state index in [0.717, 1.165) is 17.5 Å². The fourth-order valence-corrected chi connectivity index (χ4v) is 4.24. The first-order chi connectivity index (χ1) is 16.2. The molecule has 0 saturated heterocycles. The Hall–Kier alpha value is -2.37. The summed E-state index contributed by atoms with van der Waals surface area (Å²) in [6.07, 6.45) is 0.0464. The highest BCUT2D eigenvalue weighted by atomic mass is 35.5. The lowest BCUT2D eigenvalue weighted by atomic mass is 9.94. The van der Waals surface area contributed by atoms with Gasteiger partial charge in [0.05, 0.1) is 30.9 Å². The average Bonchev–Trinajstić information content (AvgIpc) is 2.82. The maximum atomic E-state index is 10.5. The molecule has 1 unspecified atom stereocenters. The Bertz CT molecular complexity index is 1080. The van der Waals surface area contributed by atoms with Crippen molar-refractivity contribution in [3.8, 4) is 16.9 Å². The zero-order valence-corrected chi connectivity index (χ0v) is 21.5. The number of halogens is 1. The summed E-state index contributed by atoms with van der Waals surface area (Å²) < 4.78 is 11.3. The maximum Gasteiger partial charge on any atom is 0.137 e. The van der Waals surface area contributed by atoms with E-state index in [0.29, 0.717) is 17.3 Å². The van der Waals surface area contributed by atoms with Crippen LogP contribution in [0.4, 0.5) is 0 Å². The molecule has 34 heavy (non-hydrogen) atoms. The molecule has 0 spiro atoms. The number of β-amino-alcohol motifs (C(OH)–C–C–N with tert-alkyl or cyclic N) is 1. The molecule has 0 heterocycles. The first kappa shape index (κ1) is 26.2. The van der Waals surface area contributed by atoms with Crippen LogP contribution in [0, 0.1) is 6.92 Å². The van der Waals surface area contributed by atoms with Gasteiger partial charge in [-0.15, -0.1) is 0 Å². The van der Waals surface area contributed by atoms with Gasteiger partial charge in [-0.3, -0.25) is 0 Å². The lowest BCUT2D eigenvalue weighted by Gasteiger charge is -2.28. The quantitative estimate of drug-likeness (QED) is 0.334. The molecule has 3 aromatic rings. The number of rotatable bonds is 11. The Balaban J connectivity index is 1.51. The maximum absolute atomic E-state index is 10.5. The number of aliphatic hydroxyl groups is 1. The van der Waals surface area contributed by atoms with Gasteiger partial charge in [-0.25, -0.2) is 0 Å². The van der Waals surface area contributed by atoms with E-state index < -0.39 is 6.10 Å². The van der Waals surface area contributed by atoms with Gasteiger partial charge in [0, 0.05) is 12.1 Å². The second-order valence-corrected chi connectivity index (χ2v) is 9.89. The SMILES string of the molecule is COc1cc(CC(C)(C)NC[C@@H](O)COC(C)c2cccc(-c3ccccc3C)c2)ccc1Cl. The van der Waals surface area contributed by atoms with Crippen molar-refractivity contribution in [2.75, 3.05) is 20.3 Å². The smallest absolute Gasteiger partial charge is 0.137 e. The summed E-state index contributed by atoms with van der Waals surface area (Å²) in [6, 6.07) is 22.6. The van der Waals surface area contributed by atoms with Crippen LogP contribution >= 0.6 is 11.6 Å². The van der Waals surface area contributed by atoms with Crippen LogP contribution in [0.15, 0.2) is 66.7 Å². The summed E-state index contributed by atoms with van der Waals surface area (Å²) in [5.74, 6) is 0.670. The molecular weight excluding hydrogens is 446 g/mol. The van der Waals surface area contributed by atoms with Gasteiger partial charge in [0.25, 0.3) is 0 Å². The lowest BCUT2D eigenvalue weighted by Crippen LogP contribution is -2.46. The van der Waals surface area contributed by atoms with E-state index in [1.807, 2.05) is 25.1 Å². The fourth-order valence-electron chi connectivity index (χ4n) is 4.05. The van der Waals surface area contributed by atoms with Gasteiger partial charge in [0.15, 0.2) is 0 Å². The third-order valence-electron chi connectivity index (χ3n) is 6.03. The molecule has 0 bridgehead atoms. The molecule has 3 aromatic carbocycles. The second-order valence-electron chi connectivity index (χ2n) is 9.48. The first-order valence-electron chi connectivity index (χ1n) is 11.7. The van der Waals surface area contributed by atoms with E-state index in [-0.39, 0.29) is 18.2 Å². The number of aliphatic hydroxyl groups excluding tert-OH is 1. The summed E-state index contributed by atoms with van der Waals surface area (Å²) in [4.78, 5) is 0. The second kappa shape index (κ2) is 11.9. The molecule has 0 amide bonds. The zero-order valence-electron chi connectivity index (χ0n) is 20.8.